The monoisotopic (exact) mass is 167 g/mol. The molecule has 1 rings (SSSR count). The van der Waals surface area contributed by atoms with Crippen LogP contribution in [0.15, 0.2) is 30.3 Å². The van der Waals surface area contributed by atoms with Crippen LogP contribution < -0.4 is 4.90 Å². The van der Waals surface area contributed by atoms with Crippen LogP contribution in [-0.2, 0) is 0 Å². The first-order valence-corrected chi connectivity index (χ1v) is 3.82. The summed E-state index contributed by atoms with van der Waals surface area (Å²) < 4.78 is 0. The van der Waals surface area contributed by atoms with E-state index in [1.165, 1.54) is 0 Å². The predicted octanol–water partition coefficient (Wildman–Crippen LogP) is 0.434. The molecule has 0 amide bonds. The third-order valence-electron chi connectivity index (χ3n) is 1.63. The van der Waals surface area contributed by atoms with Gasteiger partial charge in [-0.2, -0.15) is 0 Å². The molecule has 1 aromatic carbocycles. The number of likely N-dealkylation sites (N-methyl/N-ethyl adjacent to an activating group) is 1. The summed E-state index contributed by atoms with van der Waals surface area (Å²) in [6, 6.07) is 9.59. The molecule has 3 nitrogen and oxygen atoms in total. The van der Waals surface area contributed by atoms with Gasteiger partial charge in [0.25, 0.3) is 0 Å². The van der Waals surface area contributed by atoms with Crippen LogP contribution in [0.5, 0.6) is 0 Å². The molecule has 3 heteroatoms. The quantitative estimate of drug-likeness (QED) is 0.642. The minimum atomic E-state index is -1.28. The standard InChI is InChI=1S/C9H13NO2/c1-10(7-9(11)12)8-5-3-2-4-6-8/h2-6,9,11-12H,7H2,1H3. The zero-order chi connectivity index (χ0) is 8.97. The lowest BCUT2D eigenvalue weighted by Crippen LogP contribution is -2.28. The van der Waals surface area contributed by atoms with E-state index in [9.17, 15) is 0 Å². The average Bonchev–Trinajstić information content (AvgIpc) is 2.05. The zero-order valence-electron chi connectivity index (χ0n) is 7.01. The molecular weight excluding hydrogens is 154 g/mol. The second-order valence-electron chi connectivity index (χ2n) is 2.70. The Morgan fingerprint density at radius 1 is 1.25 bits per heavy atom. The summed E-state index contributed by atoms with van der Waals surface area (Å²) in [7, 11) is 1.81. The summed E-state index contributed by atoms with van der Waals surface area (Å²) in [4.78, 5) is 1.78. The minimum Gasteiger partial charge on any atom is -0.370 e. The third kappa shape index (κ3) is 2.53. The van der Waals surface area contributed by atoms with E-state index in [2.05, 4.69) is 0 Å². The van der Waals surface area contributed by atoms with Gasteiger partial charge in [-0.3, -0.25) is 0 Å². The van der Waals surface area contributed by atoms with Crippen molar-refractivity contribution in [2.24, 2.45) is 0 Å². The molecule has 0 spiro atoms. The minimum absolute atomic E-state index is 0.226. The van der Waals surface area contributed by atoms with Gasteiger partial charge in [0.2, 0.25) is 0 Å². The Bertz CT molecular complexity index is 223. The van der Waals surface area contributed by atoms with Crippen LogP contribution in [0, 0.1) is 0 Å². The number of hydrogen-bond acceptors (Lipinski definition) is 3. The molecule has 0 aliphatic heterocycles. The molecule has 2 N–H and O–H groups in total. The fraction of sp³-hybridized carbons (Fsp3) is 0.333. The molecule has 1 aromatic rings. The van der Waals surface area contributed by atoms with Crippen LogP contribution in [0.2, 0.25) is 0 Å². The molecule has 0 radical (unpaired) electrons. The number of hydrogen-bond donors (Lipinski definition) is 2. The second-order valence-corrected chi connectivity index (χ2v) is 2.70. The number of aliphatic hydroxyl groups excluding tert-OH is 1. The predicted molar refractivity (Wildman–Crippen MR) is 47.9 cm³/mol. The van der Waals surface area contributed by atoms with Crippen molar-refractivity contribution >= 4 is 5.69 Å². The summed E-state index contributed by atoms with van der Waals surface area (Å²) in [5.41, 5.74) is 0.977. The Kier molecular flexibility index (Phi) is 3.08. The Morgan fingerprint density at radius 2 is 1.83 bits per heavy atom. The number of anilines is 1. The van der Waals surface area contributed by atoms with E-state index in [4.69, 9.17) is 10.2 Å². The maximum Gasteiger partial charge on any atom is 0.169 e. The molecule has 0 atom stereocenters. The first-order chi connectivity index (χ1) is 5.70. The molecule has 0 fully saturated rings. The highest BCUT2D eigenvalue weighted by Gasteiger charge is 2.03. The lowest BCUT2D eigenvalue weighted by molar-refractivity contribution is -0.0314. The third-order valence-corrected chi connectivity index (χ3v) is 1.63. The fourth-order valence-corrected chi connectivity index (χ4v) is 1.03. The van der Waals surface area contributed by atoms with Crippen molar-refractivity contribution in [3.63, 3.8) is 0 Å². The van der Waals surface area contributed by atoms with Gasteiger partial charge in [0.05, 0.1) is 6.54 Å². The van der Waals surface area contributed by atoms with Crippen molar-refractivity contribution in [3.05, 3.63) is 30.3 Å². The molecule has 0 aliphatic carbocycles. The van der Waals surface area contributed by atoms with Crippen molar-refractivity contribution in [1.82, 2.24) is 0 Å². The van der Waals surface area contributed by atoms with Gasteiger partial charge in [-0.1, -0.05) is 18.2 Å². The smallest absolute Gasteiger partial charge is 0.169 e. The van der Waals surface area contributed by atoms with E-state index in [1.54, 1.807) is 4.90 Å². The van der Waals surface area contributed by atoms with Crippen LogP contribution in [0.25, 0.3) is 0 Å². The maximum atomic E-state index is 8.70. The Labute approximate surface area is 71.9 Å². The van der Waals surface area contributed by atoms with Gasteiger partial charge in [0.15, 0.2) is 6.29 Å². The highest BCUT2D eigenvalue weighted by atomic mass is 16.5. The van der Waals surface area contributed by atoms with E-state index in [0.717, 1.165) is 5.69 Å². The van der Waals surface area contributed by atoms with Crippen molar-refractivity contribution in [2.45, 2.75) is 6.29 Å². The van der Waals surface area contributed by atoms with Crippen LogP contribution in [0.1, 0.15) is 0 Å². The number of nitrogens with zero attached hydrogens (tertiary/aromatic N) is 1. The van der Waals surface area contributed by atoms with E-state index < -0.39 is 6.29 Å². The van der Waals surface area contributed by atoms with Gasteiger partial charge < -0.3 is 15.1 Å². The largest absolute Gasteiger partial charge is 0.370 e. The Morgan fingerprint density at radius 3 is 2.33 bits per heavy atom. The Balaban J connectivity index is 2.59. The Hall–Kier alpha value is -1.06. The van der Waals surface area contributed by atoms with Gasteiger partial charge in [-0.05, 0) is 12.1 Å². The molecule has 12 heavy (non-hydrogen) atoms. The molecule has 66 valence electrons. The van der Waals surface area contributed by atoms with Crippen molar-refractivity contribution in [1.29, 1.82) is 0 Å². The number of rotatable bonds is 3. The molecule has 0 heterocycles. The molecule has 0 saturated heterocycles. The molecule has 0 saturated carbocycles. The van der Waals surface area contributed by atoms with Crippen LogP contribution >= 0.6 is 0 Å². The van der Waals surface area contributed by atoms with Gasteiger partial charge in [0, 0.05) is 12.7 Å². The number of para-hydroxylation sites is 1. The maximum absolute atomic E-state index is 8.70. The van der Waals surface area contributed by atoms with Gasteiger partial charge in [0.1, 0.15) is 0 Å². The van der Waals surface area contributed by atoms with E-state index in [-0.39, 0.29) is 6.54 Å². The fourth-order valence-electron chi connectivity index (χ4n) is 1.03. The molecular formula is C9H13NO2. The number of benzene rings is 1. The lowest BCUT2D eigenvalue weighted by atomic mass is 10.3. The highest BCUT2D eigenvalue weighted by molar-refractivity contribution is 5.44. The summed E-state index contributed by atoms with van der Waals surface area (Å²) in [6.07, 6.45) is -1.28. The van der Waals surface area contributed by atoms with Crippen molar-refractivity contribution < 1.29 is 10.2 Å². The van der Waals surface area contributed by atoms with Crippen molar-refractivity contribution in [2.75, 3.05) is 18.5 Å². The summed E-state index contributed by atoms with van der Waals surface area (Å²) >= 11 is 0. The van der Waals surface area contributed by atoms with Gasteiger partial charge >= 0.3 is 0 Å². The van der Waals surface area contributed by atoms with Gasteiger partial charge in [-0.15, -0.1) is 0 Å². The molecule has 0 bridgehead atoms. The summed E-state index contributed by atoms with van der Waals surface area (Å²) in [5.74, 6) is 0. The SMILES string of the molecule is CN(CC(O)O)c1ccccc1. The topological polar surface area (TPSA) is 43.7 Å². The van der Waals surface area contributed by atoms with Crippen LogP contribution in [0.3, 0.4) is 0 Å². The summed E-state index contributed by atoms with van der Waals surface area (Å²) in [6.45, 7) is 0.226. The highest BCUT2D eigenvalue weighted by Crippen LogP contribution is 2.10. The first-order valence-electron chi connectivity index (χ1n) is 3.82. The van der Waals surface area contributed by atoms with E-state index in [1.807, 2.05) is 37.4 Å². The lowest BCUT2D eigenvalue weighted by Gasteiger charge is -2.19. The summed E-state index contributed by atoms with van der Waals surface area (Å²) in [5, 5.41) is 17.4. The first kappa shape index (κ1) is 9.03. The average molecular weight is 167 g/mol. The molecule has 0 aliphatic rings. The number of aliphatic hydroxyl groups is 2. The van der Waals surface area contributed by atoms with Crippen molar-refractivity contribution in [3.8, 4) is 0 Å². The second kappa shape index (κ2) is 4.09. The van der Waals surface area contributed by atoms with E-state index in [0.29, 0.717) is 0 Å². The normalized spacial score (nSPS) is 10.3. The van der Waals surface area contributed by atoms with Crippen LogP contribution in [0.4, 0.5) is 5.69 Å². The van der Waals surface area contributed by atoms with Gasteiger partial charge in [-0.25, -0.2) is 0 Å². The van der Waals surface area contributed by atoms with Crippen LogP contribution in [-0.4, -0.2) is 30.1 Å². The zero-order valence-corrected chi connectivity index (χ0v) is 7.01. The molecule has 0 aromatic heterocycles. The molecule has 0 unspecified atom stereocenters. The van der Waals surface area contributed by atoms with E-state index >= 15 is 0 Å².